The summed E-state index contributed by atoms with van der Waals surface area (Å²) < 4.78 is 8.34. The van der Waals surface area contributed by atoms with Crippen LogP contribution in [-0.4, -0.2) is 63.1 Å². The Morgan fingerprint density at radius 1 is 0.627 bits per heavy atom. The van der Waals surface area contributed by atoms with Crippen molar-refractivity contribution < 1.29 is 52.4 Å². The van der Waals surface area contributed by atoms with Gasteiger partial charge in [0.2, 0.25) is 0 Å². The summed E-state index contributed by atoms with van der Waals surface area (Å²) in [6.07, 6.45) is 9.82. The zero-order chi connectivity index (χ0) is 46.9. The molecule has 1 aliphatic heterocycles. The predicted molar refractivity (Wildman–Crippen MR) is 286 cm³/mol. The molecule has 1 aliphatic rings. The van der Waals surface area contributed by atoms with Crippen molar-refractivity contribution in [1.82, 2.24) is 10.4 Å². The Hall–Kier alpha value is -4.89. The Labute approximate surface area is 423 Å². The van der Waals surface area contributed by atoms with Crippen molar-refractivity contribution >= 4 is 38.3 Å². The van der Waals surface area contributed by atoms with Gasteiger partial charge in [-0.05, 0) is 63.4 Å². The fraction of sp³-hybridized carbons (Fsp3) is 0.345. The predicted octanol–water partition coefficient (Wildman–Crippen LogP) is 13.8. The van der Waals surface area contributed by atoms with Gasteiger partial charge in [0.05, 0.1) is 17.5 Å². The van der Waals surface area contributed by atoms with E-state index in [2.05, 4.69) is 36.5 Å². The first-order valence-electron chi connectivity index (χ1n) is 21.3. The third-order valence-corrected chi connectivity index (χ3v) is 8.32. The number of carbonyl (C=O) groups excluding carboxylic acids is 2. The Bertz CT molecular complexity index is 1930. The van der Waals surface area contributed by atoms with Gasteiger partial charge in [-0.3, -0.25) is 9.59 Å². The number of nitrogens with zero attached hydrogens (tertiary/aromatic N) is 3. The van der Waals surface area contributed by atoms with E-state index in [9.17, 15) is 9.59 Å². The van der Waals surface area contributed by atoms with Crippen LogP contribution >= 0.6 is 9.24 Å². The zero-order valence-corrected chi connectivity index (χ0v) is 41.1. The zero-order valence-electron chi connectivity index (χ0n) is 37.5. The van der Waals surface area contributed by atoms with Crippen LogP contribution in [0.5, 0.6) is 0 Å². The molecule has 67 heavy (non-hydrogen) atoms. The van der Waals surface area contributed by atoms with E-state index in [-0.39, 0.29) is 47.3 Å². The van der Waals surface area contributed by atoms with Crippen molar-refractivity contribution in [1.29, 1.82) is 0 Å². The molecule has 0 radical (unpaired) electrons. The molecule has 368 valence electrons. The summed E-state index contributed by atoms with van der Waals surface area (Å²) in [5.41, 5.74) is 8.65. The Morgan fingerprint density at radius 3 is 1.39 bits per heavy atom. The van der Waals surface area contributed by atoms with Crippen LogP contribution in [0.25, 0.3) is 6.08 Å². The molecule has 4 N–H and O–H groups in total. The topological polar surface area (TPSA) is 152 Å². The maximum atomic E-state index is 13.0. The number of allylic oxidation sites excluding steroid dienone is 1. The van der Waals surface area contributed by atoms with E-state index in [0.29, 0.717) is 62.2 Å². The van der Waals surface area contributed by atoms with Crippen LogP contribution in [0.2, 0.25) is 0 Å². The van der Waals surface area contributed by atoms with E-state index in [4.69, 9.17) is 23.2 Å². The molecular formula is C55H83N4O6PZr. The molecule has 6 rings (SSSR count). The third-order valence-electron chi connectivity index (χ3n) is 8.19. The number of carbonyl (C=O) groups is 2. The number of unbranched alkanes of at least 4 members (excludes halogenated alkanes) is 1. The molecule has 0 aliphatic carbocycles. The minimum atomic E-state index is -0.272. The summed E-state index contributed by atoms with van der Waals surface area (Å²) in [6, 6.07) is 49.1. The van der Waals surface area contributed by atoms with Crippen molar-refractivity contribution in [2.24, 2.45) is 10.2 Å². The molecule has 12 heteroatoms. The number of hydrogen-bond acceptors (Lipinski definition) is 8. The van der Waals surface area contributed by atoms with Crippen LogP contribution in [0, 0.1) is 0 Å². The van der Waals surface area contributed by atoms with Gasteiger partial charge in [-0.25, -0.2) is 10.4 Å². The molecule has 5 aromatic rings. The van der Waals surface area contributed by atoms with Crippen LogP contribution in [0.1, 0.15) is 142 Å². The van der Waals surface area contributed by atoms with E-state index >= 15 is 0 Å². The summed E-state index contributed by atoms with van der Waals surface area (Å²) in [7, 11) is 2.04. The number of aliphatic hydroxyl groups is 3. The van der Waals surface area contributed by atoms with Gasteiger partial charge in [-0.1, -0.05) is 223 Å². The van der Waals surface area contributed by atoms with E-state index in [1.54, 1.807) is 5.01 Å². The van der Waals surface area contributed by atoms with Gasteiger partial charge in [0.1, 0.15) is 0 Å². The molecular weight excluding hydrogens is 935 g/mol. The fourth-order valence-electron chi connectivity index (χ4n) is 4.81. The standard InChI is InChI=1S/C22H18N2O.C16H15N2OP.C4H10.3C3H8O.4CH4.O.Zr/c25-22(19-14-8-3-9-15-19)24-21(18-12-6-2-7-13-18)16-20(23-24)17-10-4-1-5-11-17;19-16(20)18-17-15(14-9-5-2-6-10-14)12-11-13-7-3-1-4-8-13;1-3-4-2;3*1-2-3-4;;;;;;/h1-15,21H,16H2;1-12H,20H2,(H,18,19);3-4H2,1-2H3;3*4H,2-3H2,1H3;4*1H4;;/b;12-11+,17-15-;;;;;;;;;;. The number of benzene rings is 5. The molecule has 10 nitrogen and oxygen atoms in total. The summed E-state index contributed by atoms with van der Waals surface area (Å²) in [5.74, 6) is -0.0691. The quantitative estimate of drug-likeness (QED) is 0.0587. The first-order valence-corrected chi connectivity index (χ1v) is 22.8. The summed E-state index contributed by atoms with van der Waals surface area (Å²) in [4.78, 5) is 24.0. The van der Waals surface area contributed by atoms with E-state index in [1.165, 1.54) is 12.8 Å². The summed E-state index contributed by atoms with van der Waals surface area (Å²) in [6.45, 7) is 11.1. The van der Waals surface area contributed by atoms with Crippen molar-refractivity contribution in [2.45, 2.75) is 109 Å². The van der Waals surface area contributed by atoms with Crippen molar-refractivity contribution in [2.75, 3.05) is 19.8 Å². The van der Waals surface area contributed by atoms with Gasteiger partial charge >= 0.3 is 27.5 Å². The van der Waals surface area contributed by atoms with Gasteiger partial charge in [0.25, 0.3) is 11.6 Å². The Kier molecular flexibility index (Phi) is 52.0. The number of amides is 2. The molecule has 0 spiro atoms. The first kappa shape index (κ1) is 71.1. The Morgan fingerprint density at radius 2 is 1.00 bits per heavy atom. The van der Waals surface area contributed by atoms with Crippen LogP contribution in [0.3, 0.4) is 0 Å². The first-order chi connectivity index (χ1) is 30.7. The molecule has 1 heterocycles. The van der Waals surface area contributed by atoms with Crippen LogP contribution in [-0.2, 0) is 27.5 Å². The number of rotatable bonds is 11. The van der Waals surface area contributed by atoms with Crippen LogP contribution in [0.15, 0.2) is 168 Å². The van der Waals surface area contributed by atoms with E-state index < -0.39 is 0 Å². The fourth-order valence-corrected chi connectivity index (χ4v) is 4.88. The number of aliphatic hydroxyl groups excluding tert-OH is 3. The molecule has 0 saturated carbocycles. The van der Waals surface area contributed by atoms with Crippen LogP contribution in [0.4, 0.5) is 4.79 Å². The van der Waals surface area contributed by atoms with E-state index in [1.807, 2.05) is 182 Å². The third kappa shape index (κ3) is 32.5. The molecule has 2 amide bonds. The average molecular weight is 1020 g/mol. The van der Waals surface area contributed by atoms with Gasteiger partial charge in [-0.2, -0.15) is 10.2 Å². The second-order valence-electron chi connectivity index (χ2n) is 13.3. The van der Waals surface area contributed by atoms with Crippen LogP contribution < -0.4 is 5.43 Å². The molecule has 0 aromatic heterocycles. The minimum absolute atomic E-state index is 0. The van der Waals surface area contributed by atoms with Gasteiger partial charge in [0.15, 0.2) is 0 Å². The monoisotopic (exact) mass is 1020 g/mol. The second kappa shape index (κ2) is 49.0. The Balaban J connectivity index is -0.000000273. The van der Waals surface area contributed by atoms with E-state index in [0.717, 1.165) is 47.2 Å². The maximum absolute atomic E-state index is 13.0. The molecule has 2 unspecified atom stereocenters. The molecule has 0 saturated heterocycles. The molecule has 2 atom stereocenters. The number of hydrogen-bond donors (Lipinski definition) is 4. The summed E-state index contributed by atoms with van der Waals surface area (Å²) >= 11 is 0.300. The average Bonchev–Trinajstić information content (AvgIpc) is 3.82. The van der Waals surface area contributed by atoms with Gasteiger partial charge < -0.3 is 15.3 Å². The SMILES string of the molecule is C.C.C.C.CCCC.CCCO.CCCO.CCCO.O=C(P)N/N=C(/C=C/c1ccccc1)c1ccccc1.O=C(c1ccccc1)N1N=C(c2ccccc2)CC1c1ccccc1.[O]=[Zr]. The van der Waals surface area contributed by atoms with Crippen molar-refractivity contribution in [3.63, 3.8) is 0 Å². The normalized spacial score (nSPS) is 11.5. The van der Waals surface area contributed by atoms with Gasteiger partial charge in [0, 0.05) is 37.4 Å². The molecule has 0 bridgehead atoms. The van der Waals surface area contributed by atoms with Gasteiger partial charge in [-0.15, -0.1) is 0 Å². The number of hydrazone groups is 2. The summed E-state index contributed by atoms with van der Waals surface area (Å²) in [5, 5.41) is 34.1. The van der Waals surface area contributed by atoms with Crippen molar-refractivity contribution in [3.05, 3.63) is 186 Å². The number of nitrogens with one attached hydrogen (secondary N) is 1. The second-order valence-corrected chi connectivity index (χ2v) is 13.8. The van der Waals surface area contributed by atoms with Crippen molar-refractivity contribution in [3.8, 4) is 0 Å². The molecule has 0 fully saturated rings. The molecule has 5 aromatic carbocycles.